The predicted octanol–water partition coefficient (Wildman–Crippen LogP) is 2.62. The molecule has 1 atom stereocenters. The summed E-state index contributed by atoms with van der Waals surface area (Å²) in [6.45, 7) is 3.84. The molecule has 0 spiro atoms. The molecule has 0 aromatic rings. The van der Waals surface area contributed by atoms with Crippen LogP contribution in [-0.4, -0.2) is 24.8 Å². The van der Waals surface area contributed by atoms with Gasteiger partial charge in [-0.1, -0.05) is 6.92 Å². The fourth-order valence-corrected chi connectivity index (χ4v) is 2.15. The molecule has 3 nitrogen and oxygen atoms in total. The molecule has 2 saturated carbocycles. The lowest BCUT2D eigenvalue weighted by Crippen LogP contribution is -2.44. The molecule has 0 amide bonds. The van der Waals surface area contributed by atoms with Crippen LogP contribution in [0.3, 0.4) is 0 Å². The second-order valence-electron chi connectivity index (χ2n) is 5.59. The summed E-state index contributed by atoms with van der Waals surface area (Å²) in [5, 5.41) is 12.9. The van der Waals surface area contributed by atoms with E-state index in [-0.39, 0.29) is 5.54 Å². The van der Waals surface area contributed by atoms with Gasteiger partial charge in [0.15, 0.2) is 0 Å². The first-order chi connectivity index (χ1) is 8.28. The highest BCUT2D eigenvalue weighted by Gasteiger charge is 2.34. The van der Waals surface area contributed by atoms with Gasteiger partial charge in [-0.3, -0.25) is 5.32 Å². The Kier molecular flexibility index (Phi) is 4.42. The standard InChI is InChI=1S/C14H24N2O/c1-2-14(11-15,16-13-6-7-13)8-3-9-17-10-12-4-5-12/h12-13,16H,2-10H2,1H3. The first kappa shape index (κ1) is 12.9. The Morgan fingerprint density at radius 2 is 2.12 bits per heavy atom. The van der Waals surface area contributed by atoms with Crippen molar-refractivity contribution in [2.24, 2.45) is 5.92 Å². The number of ether oxygens (including phenoxy) is 1. The molecule has 17 heavy (non-hydrogen) atoms. The molecule has 0 heterocycles. The average molecular weight is 236 g/mol. The Bertz CT molecular complexity index is 278. The van der Waals surface area contributed by atoms with Crippen LogP contribution >= 0.6 is 0 Å². The summed E-state index contributed by atoms with van der Waals surface area (Å²) in [6, 6.07) is 3.08. The van der Waals surface area contributed by atoms with Crippen LogP contribution in [0.25, 0.3) is 0 Å². The van der Waals surface area contributed by atoms with Gasteiger partial charge in [0.2, 0.25) is 0 Å². The van der Waals surface area contributed by atoms with Gasteiger partial charge in [-0.05, 0) is 50.9 Å². The third-order valence-corrected chi connectivity index (χ3v) is 3.82. The van der Waals surface area contributed by atoms with Gasteiger partial charge in [-0.15, -0.1) is 0 Å². The van der Waals surface area contributed by atoms with E-state index in [4.69, 9.17) is 4.74 Å². The number of hydrogen-bond acceptors (Lipinski definition) is 3. The molecular weight excluding hydrogens is 212 g/mol. The molecule has 2 aliphatic rings. The monoisotopic (exact) mass is 236 g/mol. The lowest BCUT2D eigenvalue weighted by molar-refractivity contribution is 0.116. The molecule has 0 radical (unpaired) electrons. The fraction of sp³-hybridized carbons (Fsp3) is 0.929. The molecule has 1 unspecified atom stereocenters. The number of nitriles is 1. The maximum atomic E-state index is 9.35. The quantitative estimate of drug-likeness (QED) is 0.626. The average Bonchev–Trinajstić information content (AvgIpc) is 3.22. The van der Waals surface area contributed by atoms with E-state index in [1.165, 1.54) is 25.7 Å². The molecule has 0 aromatic carbocycles. The number of rotatable bonds is 9. The van der Waals surface area contributed by atoms with E-state index in [2.05, 4.69) is 18.3 Å². The predicted molar refractivity (Wildman–Crippen MR) is 67.6 cm³/mol. The van der Waals surface area contributed by atoms with E-state index in [0.717, 1.165) is 38.4 Å². The summed E-state index contributed by atoms with van der Waals surface area (Å²) < 4.78 is 5.63. The molecule has 0 aromatic heterocycles. The molecule has 1 N–H and O–H groups in total. The van der Waals surface area contributed by atoms with Gasteiger partial charge >= 0.3 is 0 Å². The molecule has 0 saturated heterocycles. The van der Waals surface area contributed by atoms with Gasteiger partial charge in [-0.25, -0.2) is 0 Å². The first-order valence-corrected chi connectivity index (χ1v) is 7.05. The lowest BCUT2D eigenvalue weighted by atomic mass is 9.92. The van der Waals surface area contributed by atoms with Crippen LogP contribution in [0.2, 0.25) is 0 Å². The molecule has 2 aliphatic carbocycles. The third-order valence-electron chi connectivity index (χ3n) is 3.82. The Balaban J connectivity index is 1.62. The summed E-state index contributed by atoms with van der Waals surface area (Å²) in [5.41, 5.74) is -0.301. The van der Waals surface area contributed by atoms with Crippen LogP contribution < -0.4 is 5.32 Å². The van der Waals surface area contributed by atoms with Crippen molar-refractivity contribution in [3.8, 4) is 6.07 Å². The van der Waals surface area contributed by atoms with Crippen LogP contribution in [0.1, 0.15) is 51.9 Å². The summed E-state index contributed by atoms with van der Waals surface area (Å²) in [4.78, 5) is 0. The van der Waals surface area contributed by atoms with Crippen LogP contribution in [0.5, 0.6) is 0 Å². The highest BCUT2D eigenvalue weighted by molar-refractivity contribution is 5.09. The zero-order chi connectivity index (χ0) is 12.1. The van der Waals surface area contributed by atoms with Crippen LogP contribution in [0.4, 0.5) is 0 Å². The number of nitrogens with zero attached hydrogens (tertiary/aromatic N) is 1. The van der Waals surface area contributed by atoms with E-state index >= 15 is 0 Å². The molecule has 0 aliphatic heterocycles. The first-order valence-electron chi connectivity index (χ1n) is 7.05. The molecule has 2 rings (SSSR count). The van der Waals surface area contributed by atoms with E-state index in [1.807, 2.05) is 0 Å². The largest absolute Gasteiger partial charge is 0.381 e. The fourth-order valence-electron chi connectivity index (χ4n) is 2.15. The zero-order valence-corrected chi connectivity index (χ0v) is 10.9. The molecule has 3 heteroatoms. The highest BCUT2D eigenvalue weighted by atomic mass is 16.5. The van der Waals surface area contributed by atoms with Gasteiger partial charge in [0.05, 0.1) is 6.07 Å². The van der Waals surface area contributed by atoms with Gasteiger partial charge in [-0.2, -0.15) is 5.26 Å². The molecule has 0 bridgehead atoms. The van der Waals surface area contributed by atoms with Crippen LogP contribution in [0.15, 0.2) is 0 Å². The highest BCUT2D eigenvalue weighted by Crippen LogP contribution is 2.29. The number of hydrogen-bond donors (Lipinski definition) is 1. The van der Waals surface area contributed by atoms with Crippen molar-refractivity contribution in [2.75, 3.05) is 13.2 Å². The summed E-state index contributed by atoms with van der Waals surface area (Å²) in [5.74, 6) is 0.839. The van der Waals surface area contributed by atoms with Crippen molar-refractivity contribution in [3.05, 3.63) is 0 Å². The summed E-state index contributed by atoms with van der Waals surface area (Å²) in [7, 11) is 0. The Labute approximate surface area is 105 Å². The van der Waals surface area contributed by atoms with Crippen molar-refractivity contribution in [1.29, 1.82) is 5.26 Å². The third kappa shape index (κ3) is 4.29. The van der Waals surface area contributed by atoms with Gasteiger partial charge in [0.1, 0.15) is 5.54 Å². The van der Waals surface area contributed by atoms with E-state index in [0.29, 0.717) is 6.04 Å². The van der Waals surface area contributed by atoms with Crippen molar-refractivity contribution in [1.82, 2.24) is 5.32 Å². The van der Waals surface area contributed by atoms with E-state index < -0.39 is 0 Å². The maximum Gasteiger partial charge on any atom is 0.106 e. The smallest absolute Gasteiger partial charge is 0.106 e. The molecule has 96 valence electrons. The van der Waals surface area contributed by atoms with Gasteiger partial charge < -0.3 is 4.74 Å². The summed E-state index contributed by atoms with van der Waals surface area (Å²) >= 11 is 0. The Morgan fingerprint density at radius 1 is 1.35 bits per heavy atom. The molecule has 2 fully saturated rings. The van der Waals surface area contributed by atoms with E-state index in [1.54, 1.807) is 0 Å². The van der Waals surface area contributed by atoms with Crippen molar-refractivity contribution >= 4 is 0 Å². The second-order valence-corrected chi connectivity index (χ2v) is 5.59. The minimum Gasteiger partial charge on any atom is -0.381 e. The zero-order valence-electron chi connectivity index (χ0n) is 10.9. The SMILES string of the molecule is CCC(C#N)(CCCOCC1CC1)NC1CC1. The number of nitrogens with one attached hydrogen (secondary N) is 1. The van der Waals surface area contributed by atoms with Gasteiger partial charge in [0.25, 0.3) is 0 Å². The van der Waals surface area contributed by atoms with Crippen molar-refractivity contribution in [3.63, 3.8) is 0 Å². The normalized spacial score (nSPS) is 23.1. The summed E-state index contributed by atoms with van der Waals surface area (Å²) in [6.07, 6.45) is 7.97. The van der Waals surface area contributed by atoms with Crippen molar-refractivity contribution < 1.29 is 4.74 Å². The minimum atomic E-state index is -0.301. The van der Waals surface area contributed by atoms with E-state index in [9.17, 15) is 5.26 Å². The minimum absolute atomic E-state index is 0.301. The topological polar surface area (TPSA) is 45.0 Å². The maximum absolute atomic E-state index is 9.35. The second kappa shape index (κ2) is 5.84. The van der Waals surface area contributed by atoms with Crippen molar-refractivity contribution in [2.45, 2.75) is 63.5 Å². The Hall–Kier alpha value is -0.590. The van der Waals surface area contributed by atoms with Crippen LogP contribution in [0, 0.1) is 17.2 Å². The van der Waals surface area contributed by atoms with Crippen LogP contribution in [-0.2, 0) is 4.74 Å². The Morgan fingerprint density at radius 3 is 2.65 bits per heavy atom. The molecular formula is C14H24N2O. The lowest BCUT2D eigenvalue weighted by Gasteiger charge is -2.26. The van der Waals surface area contributed by atoms with Gasteiger partial charge in [0, 0.05) is 19.3 Å².